The quantitative estimate of drug-likeness (QED) is 0.406. The number of aromatic nitrogens is 3. The highest BCUT2D eigenvalue weighted by molar-refractivity contribution is 7.99. The van der Waals surface area contributed by atoms with Gasteiger partial charge in [0.05, 0.1) is 10.8 Å². The van der Waals surface area contributed by atoms with Crippen LogP contribution in [0.3, 0.4) is 0 Å². The third-order valence-electron chi connectivity index (χ3n) is 4.22. The summed E-state index contributed by atoms with van der Waals surface area (Å²) in [6.07, 6.45) is 0. The summed E-state index contributed by atoms with van der Waals surface area (Å²) in [7, 11) is 0. The Balaban J connectivity index is 1.56. The average Bonchev–Trinajstić information content (AvgIpc) is 3.20. The molecular formula is C22H16ClFN4OS. The van der Waals surface area contributed by atoms with Crippen molar-refractivity contribution in [3.63, 3.8) is 0 Å². The molecule has 0 saturated carbocycles. The fourth-order valence-electron chi connectivity index (χ4n) is 2.85. The van der Waals surface area contributed by atoms with Gasteiger partial charge in [0.1, 0.15) is 5.82 Å². The van der Waals surface area contributed by atoms with Gasteiger partial charge in [0.25, 0.3) is 0 Å². The van der Waals surface area contributed by atoms with Crippen molar-refractivity contribution in [1.29, 1.82) is 0 Å². The molecule has 1 amide bonds. The molecule has 30 heavy (non-hydrogen) atoms. The number of rotatable bonds is 6. The van der Waals surface area contributed by atoms with Crippen LogP contribution >= 0.6 is 23.4 Å². The third kappa shape index (κ3) is 4.53. The van der Waals surface area contributed by atoms with Gasteiger partial charge in [-0.05, 0) is 30.3 Å². The first-order valence-corrected chi connectivity index (χ1v) is 10.4. The highest BCUT2D eigenvalue weighted by atomic mass is 35.5. The van der Waals surface area contributed by atoms with Crippen LogP contribution in [0, 0.1) is 5.82 Å². The van der Waals surface area contributed by atoms with Crippen LogP contribution < -0.4 is 5.32 Å². The lowest BCUT2D eigenvalue weighted by Gasteiger charge is -2.10. The normalized spacial score (nSPS) is 10.7. The molecule has 0 radical (unpaired) electrons. The Kier molecular flexibility index (Phi) is 6.11. The fraction of sp³-hybridized carbons (Fsp3) is 0.0455. The van der Waals surface area contributed by atoms with E-state index < -0.39 is 5.82 Å². The van der Waals surface area contributed by atoms with Gasteiger partial charge in [-0.1, -0.05) is 71.9 Å². The number of para-hydroxylation sites is 1. The molecule has 5 nitrogen and oxygen atoms in total. The molecule has 0 fully saturated rings. The standard InChI is InChI=1S/C22H16ClFN4OS/c23-18-13-16(11-12-19(18)24)25-20(29)14-30-22-27-26-21(15-7-3-1-4-8-15)28(22)17-9-5-2-6-10-17/h1-13H,14H2,(H,25,29). The summed E-state index contributed by atoms with van der Waals surface area (Å²) in [6, 6.07) is 23.5. The van der Waals surface area contributed by atoms with Crippen molar-refractivity contribution < 1.29 is 9.18 Å². The van der Waals surface area contributed by atoms with E-state index in [1.807, 2.05) is 65.2 Å². The molecule has 1 N–H and O–H groups in total. The molecule has 0 aliphatic carbocycles. The van der Waals surface area contributed by atoms with Gasteiger partial charge in [0.2, 0.25) is 5.91 Å². The van der Waals surface area contributed by atoms with Gasteiger partial charge >= 0.3 is 0 Å². The van der Waals surface area contributed by atoms with Gasteiger partial charge in [0.15, 0.2) is 11.0 Å². The number of carbonyl (C=O) groups is 1. The van der Waals surface area contributed by atoms with E-state index in [9.17, 15) is 9.18 Å². The van der Waals surface area contributed by atoms with Gasteiger partial charge < -0.3 is 5.32 Å². The van der Waals surface area contributed by atoms with Crippen molar-refractivity contribution in [3.8, 4) is 17.1 Å². The molecule has 4 rings (SSSR count). The Morgan fingerprint density at radius 3 is 2.40 bits per heavy atom. The Hall–Kier alpha value is -3.16. The maximum absolute atomic E-state index is 13.3. The zero-order valence-electron chi connectivity index (χ0n) is 15.6. The molecule has 0 bridgehead atoms. The first-order chi connectivity index (χ1) is 14.6. The lowest BCUT2D eigenvalue weighted by Crippen LogP contribution is -2.14. The first-order valence-electron chi connectivity index (χ1n) is 9.06. The van der Waals surface area contributed by atoms with Gasteiger partial charge in [-0.2, -0.15) is 0 Å². The number of hydrogen-bond acceptors (Lipinski definition) is 4. The van der Waals surface area contributed by atoms with Crippen LogP contribution in [0.25, 0.3) is 17.1 Å². The number of nitrogens with one attached hydrogen (secondary N) is 1. The number of benzene rings is 3. The minimum Gasteiger partial charge on any atom is -0.325 e. The van der Waals surface area contributed by atoms with Crippen molar-refractivity contribution in [2.45, 2.75) is 5.16 Å². The third-order valence-corrected chi connectivity index (χ3v) is 5.43. The summed E-state index contributed by atoms with van der Waals surface area (Å²) in [4.78, 5) is 12.4. The van der Waals surface area contributed by atoms with Gasteiger partial charge in [-0.25, -0.2) is 4.39 Å². The summed E-state index contributed by atoms with van der Waals surface area (Å²) in [5, 5.41) is 11.9. The second kappa shape index (κ2) is 9.11. The molecule has 150 valence electrons. The summed E-state index contributed by atoms with van der Waals surface area (Å²) < 4.78 is 15.2. The second-order valence-corrected chi connectivity index (χ2v) is 7.66. The molecule has 1 aromatic heterocycles. The zero-order chi connectivity index (χ0) is 20.9. The van der Waals surface area contributed by atoms with E-state index in [1.54, 1.807) is 0 Å². The van der Waals surface area contributed by atoms with Crippen molar-refractivity contribution in [2.24, 2.45) is 0 Å². The Labute approximate surface area is 181 Å². The number of amides is 1. The van der Waals surface area contributed by atoms with Crippen LogP contribution in [-0.2, 0) is 4.79 Å². The number of anilines is 1. The van der Waals surface area contributed by atoms with Crippen LogP contribution in [0.15, 0.2) is 84.0 Å². The molecule has 0 aliphatic rings. The zero-order valence-corrected chi connectivity index (χ0v) is 17.2. The molecule has 0 spiro atoms. The minimum atomic E-state index is -0.534. The van der Waals surface area contributed by atoms with Gasteiger partial charge in [-0.3, -0.25) is 9.36 Å². The van der Waals surface area contributed by atoms with E-state index in [0.717, 1.165) is 11.3 Å². The van der Waals surface area contributed by atoms with Crippen molar-refractivity contribution in [3.05, 3.63) is 89.7 Å². The molecule has 8 heteroatoms. The van der Waals surface area contributed by atoms with E-state index in [-0.39, 0.29) is 16.7 Å². The van der Waals surface area contributed by atoms with E-state index in [0.29, 0.717) is 16.7 Å². The van der Waals surface area contributed by atoms with Crippen molar-refractivity contribution >= 4 is 35.0 Å². The van der Waals surface area contributed by atoms with Crippen molar-refractivity contribution in [1.82, 2.24) is 14.8 Å². The summed E-state index contributed by atoms with van der Waals surface area (Å²) in [5.74, 6) is 0.00407. The topological polar surface area (TPSA) is 59.8 Å². The fourth-order valence-corrected chi connectivity index (χ4v) is 3.78. The SMILES string of the molecule is O=C(CSc1nnc(-c2ccccc2)n1-c1ccccc1)Nc1ccc(F)c(Cl)c1. The molecule has 0 atom stereocenters. The number of thioether (sulfide) groups is 1. The molecule has 0 unspecified atom stereocenters. The smallest absolute Gasteiger partial charge is 0.234 e. The highest BCUT2D eigenvalue weighted by Gasteiger charge is 2.17. The van der Waals surface area contributed by atoms with Crippen LogP contribution in [0.4, 0.5) is 10.1 Å². The molecular weight excluding hydrogens is 423 g/mol. The van der Waals surface area contributed by atoms with Gasteiger partial charge in [0, 0.05) is 16.9 Å². The van der Waals surface area contributed by atoms with E-state index in [1.165, 1.54) is 30.0 Å². The van der Waals surface area contributed by atoms with E-state index in [2.05, 4.69) is 15.5 Å². The Morgan fingerprint density at radius 2 is 1.70 bits per heavy atom. The highest BCUT2D eigenvalue weighted by Crippen LogP contribution is 2.28. The largest absolute Gasteiger partial charge is 0.325 e. The number of hydrogen-bond donors (Lipinski definition) is 1. The summed E-state index contributed by atoms with van der Waals surface area (Å²) >= 11 is 7.03. The monoisotopic (exact) mass is 438 g/mol. The molecule has 0 saturated heterocycles. The minimum absolute atomic E-state index is 0.0447. The Morgan fingerprint density at radius 1 is 1.00 bits per heavy atom. The lowest BCUT2D eigenvalue weighted by molar-refractivity contribution is -0.113. The molecule has 4 aromatic rings. The first kappa shape index (κ1) is 20.1. The second-order valence-electron chi connectivity index (χ2n) is 6.31. The average molecular weight is 439 g/mol. The number of nitrogens with zero attached hydrogens (tertiary/aromatic N) is 3. The predicted molar refractivity (Wildman–Crippen MR) is 118 cm³/mol. The van der Waals surface area contributed by atoms with Crippen molar-refractivity contribution in [2.75, 3.05) is 11.1 Å². The Bertz CT molecular complexity index is 1170. The van der Waals surface area contributed by atoms with Gasteiger partial charge in [-0.15, -0.1) is 10.2 Å². The maximum Gasteiger partial charge on any atom is 0.234 e. The molecule has 1 heterocycles. The number of halogens is 2. The summed E-state index contributed by atoms with van der Waals surface area (Å²) in [5.41, 5.74) is 2.25. The van der Waals surface area contributed by atoms with Crippen LogP contribution in [0.5, 0.6) is 0 Å². The molecule has 3 aromatic carbocycles. The van der Waals surface area contributed by atoms with Crippen LogP contribution in [-0.4, -0.2) is 26.4 Å². The van der Waals surface area contributed by atoms with E-state index >= 15 is 0 Å². The molecule has 0 aliphatic heterocycles. The predicted octanol–water partition coefficient (Wildman–Crippen LogP) is 5.46. The maximum atomic E-state index is 13.3. The number of carbonyl (C=O) groups excluding carboxylic acids is 1. The lowest BCUT2D eigenvalue weighted by atomic mass is 10.2. The summed E-state index contributed by atoms with van der Waals surface area (Å²) in [6.45, 7) is 0. The van der Waals surface area contributed by atoms with Crippen LogP contribution in [0.1, 0.15) is 0 Å². The van der Waals surface area contributed by atoms with Crippen LogP contribution in [0.2, 0.25) is 5.02 Å². The van der Waals surface area contributed by atoms with E-state index in [4.69, 9.17) is 11.6 Å².